The summed E-state index contributed by atoms with van der Waals surface area (Å²) in [5, 5.41) is 11.9. The number of aromatic carboxylic acids is 1. The standard InChI is InChI=1S/C17H17N3O3/c21-16(14-8-7-12(10-19-14)17(22)23)20-15(11-4-3-5-11)13-6-1-2-9-18-13/h1-2,6-11,15H,3-5H2,(H,20,21)(H,22,23). The van der Waals surface area contributed by atoms with Gasteiger partial charge < -0.3 is 10.4 Å². The molecular formula is C17H17N3O3. The Morgan fingerprint density at radius 1 is 1.17 bits per heavy atom. The molecular weight excluding hydrogens is 294 g/mol. The summed E-state index contributed by atoms with van der Waals surface area (Å²) in [4.78, 5) is 31.5. The predicted octanol–water partition coefficient (Wildman–Crippen LogP) is 2.45. The Morgan fingerprint density at radius 3 is 2.52 bits per heavy atom. The Labute approximate surface area is 133 Å². The number of hydrogen-bond donors (Lipinski definition) is 2. The van der Waals surface area contributed by atoms with Gasteiger partial charge in [-0.25, -0.2) is 4.79 Å². The van der Waals surface area contributed by atoms with E-state index >= 15 is 0 Å². The van der Waals surface area contributed by atoms with Crippen LogP contribution in [0.25, 0.3) is 0 Å². The van der Waals surface area contributed by atoms with Crippen molar-refractivity contribution in [2.24, 2.45) is 5.92 Å². The molecule has 1 aliphatic carbocycles. The third-order valence-corrected chi connectivity index (χ3v) is 4.16. The molecule has 6 nitrogen and oxygen atoms in total. The van der Waals surface area contributed by atoms with Crippen LogP contribution in [-0.4, -0.2) is 27.0 Å². The minimum atomic E-state index is -1.06. The summed E-state index contributed by atoms with van der Waals surface area (Å²) in [7, 11) is 0. The highest BCUT2D eigenvalue weighted by molar-refractivity contribution is 5.94. The zero-order valence-electron chi connectivity index (χ0n) is 12.5. The number of hydrogen-bond acceptors (Lipinski definition) is 4. The number of aromatic nitrogens is 2. The molecule has 1 amide bonds. The number of pyridine rings is 2. The fraction of sp³-hybridized carbons (Fsp3) is 0.294. The molecule has 2 aromatic heterocycles. The maximum atomic E-state index is 12.4. The molecule has 1 saturated carbocycles. The second-order valence-electron chi connectivity index (χ2n) is 5.63. The second kappa shape index (κ2) is 6.56. The number of nitrogens with zero attached hydrogens (tertiary/aromatic N) is 2. The van der Waals surface area contributed by atoms with Crippen LogP contribution >= 0.6 is 0 Å². The average molecular weight is 311 g/mol. The largest absolute Gasteiger partial charge is 0.478 e. The first-order valence-corrected chi connectivity index (χ1v) is 7.56. The number of carboxylic acid groups (broad SMARTS) is 1. The molecule has 1 atom stereocenters. The van der Waals surface area contributed by atoms with Gasteiger partial charge in [-0.3, -0.25) is 14.8 Å². The van der Waals surface area contributed by atoms with Crippen molar-refractivity contribution in [3.8, 4) is 0 Å². The Balaban J connectivity index is 1.76. The monoisotopic (exact) mass is 311 g/mol. The molecule has 1 aliphatic rings. The van der Waals surface area contributed by atoms with Crippen LogP contribution in [0.2, 0.25) is 0 Å². The van der Waals surface area contributed by atoms with Crippen LogP contribution in [-0.2, 0) is 0 Å². The van der Waals surface area contributed by atoms with E-state index in [2.05, 4.69) is 15.3 Å². The SMILES string of the molecule is O=C(O)c1ccc(C(=O)NC(c2ccccn2)C2CCC2)nc1. The molecule has 0 saturated heterocycles. The minimum absolute atomic E-state index is 0.0572. The van der Waals surface area contributed by atoms with E-state index in [4.69, 9.17) is 5.11 Å². The fourth-order valence-electron chi connectivity index (χ4n) is 2.64. The third-order valence-electron chi connectivity index (χ3n) is 4.16. The van der Waals surface area contributed by atoms with Gasteiger partial charge in [0.2, 0.25) is 0 Å². The van der Waals surface area contributed by atoms with E-state index in [1.807, 2.05) is 18.2 Å². The summed E-state index contributed by atoms with van der Waals surface area (Å²) in [5.41, 5.74) is 1.10. The van der Waals surface area contributed by atoms with Crippen molar-refractivity contribution in [3.63, 3.8) is 0 Å². The molecule has 2 N–H and O–H groups in total. The lowest BCUT2D eigenvalue weighted by atomic mass is 9.78. The highest BCUT2D eigenvalue weighted by Gasteiger charge is 2.31. The topological polar surface area (TPSA) is 92.2 Å². The normalized spacial score (nSPS) is 15.5. The van der Waals surface area contributed by atoms with E-state index < -0.39 is 5.97 Å². The molecule has 1 unspecified atom stereocenters. The molecule has 3 rings (SSSR count). The lowest BCUT2D eigenvalue weighted by molar-refractivity contribution is 0.0695. The number of carbonyl (C=O) groups is 2. The molecule has 6 heteroatoms. The molecule has 2 heterocycles. The van der Waals surface area contributed by atoms with Crippen LogP contribution in [0.15, 0.2) is 42.7 Å². The number of rotatable bonds is 5. The summed E-state index contributed by atoms with van der Waals surface area (Å²) < 4.78 is 0. The average Bonchev–Trinajstić information content (AvgIpc) is 2.53. The van der Waals surface area contributed by atoms with Gasteiger partial charge in [-0.15, -0.1) is 0 Å². The Hall–Kier alpha value is -2.76. The van der Waals surface area contributed by atoms with Gasteiger partial charge >= 0.3 is 5.97 Å². The van der Waals surface area contributed by atoms with Crippen molar-refractivity contribution >= 4 is 11.9 Å². The van der Waals surface area contributed by atoms with Gasteiger partial charge in [-0.1, -0.05) is 12.5 Å². The van der Waals surface area contributed by atoms with Gasteiger partial charge in [0.05, 0.1) is 17.3 Å². The van der Waals surface area contributed by atoms with Crippen LogP contribution in [0.4, 0.5) is 0 Å². The van der Waals surface area contributed by atoms with Gasteiger partial charge in [0.15, 0.2) is 0 Å². The zero-order valence-corrected chi connectivity index (χ0v) is 12.5. The highest BCUT2D eigenvalue weighted by Crippen LogP contribution is 2.37. The van der Waals surface area contributed by atoms with Crippen molar-refractivity contribution < 1.29 is 14.7 Å². The van der Waals surface area contributed by atoms with E-state index in [9.17, 15) is 9.59 Å². The number of amides is 1. The van der Waals surface area contributed by atoms with Gasteiger partial charge in [0.25, 0.3) is 5.91 Å². The molecule has 0 aliphatic heterocycles. The molecule has 118 valence electrons. The lowest BCUT2D eigenvalue weighted by Gasteiger charge is -2.33. The van der Waals surface area contributed by atoms with Crippen molar-refractivity contribution in [1.29, 1.82) is 0 Å². The van der Waals surface area contributed by atoms with Crippen LogP contribution in [0.1, 0.15) is 51.8 Å². The summed E-state index contributed by atoms with van der Waals surface area (Å²) in [6, 6.07) is 8.32. The first-order chi connectivity index (χ1) is 11.1. The molecule has 0 spiro atoms. The number of nitrogens with one attached hydrogen (secondary N) is 1. The number of carbonyl (C=O) groups excluding carboxylic acids is 1. The van der Waals surface area contributed by atoms with Gasteiger partial charge in [-0.05, 0) is 43.0 Å². The maximum absolute atomic E-state index is 12.4. The fourth-order valence-corrected chi connectivity index (χ4v) is 2.64. The van der Waals surface area contributed by atoms with E-state index in [0.717, 1.165) is 25.0 Å². The Kier molecular flexibility index (Phi) is 4.32. The zero-order chi connectivity index (χ0) is 16.2. The predicted molar refractivity (Wildman–Crippen MR) is 83.0 cm³/mol. The summed E-state index contributed by atoms with van der Waals surface area (Å²) in [6.45, 7) is 0. The van der Waals surface area contributed by atoms with Crippen LogP contribution in [0, 0.1) is 5.92 Å². The first-order valence-electron chi connectivity index (χ1n) is 7.56. The maximum Gasteiger partial charge on any atom is 0.337 e. The number of carboxylic acids is 1. The molecule has 2 aromatic rings. The van der Waals surface area contributed by atoms with Gasteiger partial charge in [0.1, 0.15) is 5.69 Å². The summed E-state index contributed by atoms with van der Waals surface area (Å²) >= 11 is 0. The van der Waals surface area contributed by atoms with Crippen molar-refractivity contribution in [2.45, 2.75) is 25.3 Å². The Morgan fingerprint density at radius 2 is 2.00 bits per heavy atom. The molecule has 0 bridgehead atoms. The van der Waals surface area contributed by atoms with Crippen molar-refractivity contribution in [3.05, 3.63) is 59.7 Å². The van der Waals surface area contributed by atoms with Crippen LogP contribution in [0.3, 0.4) is 0 Å². The van der Waals surface area contributed by atoms with E-state index in [1.165, 1.54) is 18.3 Å². The van der Waals surface area contributed by atoms with Crippen molar-refractivity contribution in [2.75, 3.05) is 0 Å². The second-order valence-corrected chi connectivity index (χ2v) is 5.63. The van der Waals surface area contributed by atoms with E-state index in [-0.39, 0.29) is 23.2 Å². The molecule has 1 fully saturated rings. The lowest BCUT2D eigenvalue weighted by Crippen LogP contribution is -2.37. The van der Waals surface area contributed by atoms with Crippen LogP contribution < -0.4 is 5.32 Å². The smallest absolute Gasteiger partial charge is 0.337 e. The van der Waals surface area contributed by atoms with Gasteiger partial charge in [0, 0.05) is 12.4 Å². The van der Waals surface area contributed by atoms with E-state index in [1.54, 1.807) is 6.20 Å². The quantitative estimate of drug-likeness (QED) is 0.885. The Bertz CT molecular complexity index is 697. The molecule has 0 aromatic carbocycles. The van der Waals surface area contributed by atoms with Crippen molar-refractivity contribution in [1.82, 2.24) is 15.3 Å². The molecule has 23 heavy (non-hydrogen) atoms. The van der Waals surface area contributed by atoms with Gasteiger partial charge in [-0.2, -0.15) is 0 Å². The third kappa shape index (κ3) is 3.36. The highest BCUT2D eigenvalue weighted by atomic mass is 16.4. The summed E-state index contributed by atoms with van der Waals surface area (Å²) in [6.07, 6.45) is 6.19. The van der Waals surface area contributed by atoms with E-state index in [0.29, 0.717) is 5.92 Å². The van der Waals surface area contributed by atoms with Crippen LogP contribution in [0.5, 0.6) is 0 Å². The summed E-state index contributed by atoms with van der Waals surface area (Å²) in [5.74, 6) is -0.998. The minimum Gasteiger partial charge on any atom is -0.478 e. The first kappa shape index (κ1) is 15.1. The molecule has 0 radical (unpaired) electrons.